The predicted octanol–water partition coefficient (Wildman–Crippen LogP) is 4.02. The van der Waals surface area contributed by atoms with Crippen molar-refractivity contribution in [1.29, 1.82) is 0 Å². The molecule has 1 saturated heterocycles. The molecule has 3 N–H and O–H groups in total. The molecule has 0 bridgehead atoms. The first-order chi connectivity index (χ1) is 13.9. The second kappa shape index (κ2) is 7.96. The molecule has 0 saturated carbocycles. The van der Waals surface area contributed by atoms with Gasteiger partial charge in [-0.15, -0.1) is 0 Å². The molecule has 1 aromatic heterocycles. The number of hydrogen-bond donors (Lipinski definition) is 3. The van der Waals surface area contributed by atoms with Crippen molar-refractivity contribution in [2.45, 2.75) is 38.8 Å². The molecule has 3 aromatic rings. The van der Waals surface area contributed by atoms with Gasteiger partial charge in [0.05, 0.1) is 12.4 Å². The minimum absolute atomic E-state index is 0.0674. The molecule has 2 heterocycles. The normalized spacial score (nSPS) is 18.3. The lowest BCUT2D eigenvalue weighted by Crippen LogP contribution is -2.33. The molecule has 0 radical (unpaired) electrons. The zero-order chi connectivity index (χ0) is 20.6. The van der Waals surface area contributed by atoms with E-state index in [2.05, 4.69) is 28.9 Å². The molecule has 2 aromatic carbocycles. The van der Waals surface area contributed by atoms with Crippen molar-refractivity contribution in [3.05, 3.63) is 59.3 Å². The zero-order valence-corrected chi connectivity index (χ0v) is 17.7. The molecular weight excluding hydrogens is 387 g/mol. The molecule has 1 fully saturated rings. The number of nitrogens with one attached hydrogen (secondary N) is 1. The smallest absolute Gasteiger partial charge is 0.356 e. The lowest BCUT2D eigenvalue weighted by atomic mass is 9.94. The number of aryl methyl sites for hydroxylation is 1. The maximum Gasteiger partial charge on any atom is 0.356 e. The highest BCUT2D eigenvalue weighted by atomic mass is 31.2. The van der Waals surface area contributed by atoms with Gasteiger partial charge in [-0.25, -0.2) is 0 Å². The standard InChI is InChI=1S/C22H27N2O4P/c1-15-13-21(28-2)19(18-10-11-23-22(15)18)14-24-12-4-3-5-20(24)16-6-8-17(9-7-16)29(25,26)27/h6-11,13,20,23H,3-5,12,14H2,1-2H3,(H2,25,26,27). The number of piperidine rings is 1. The number of aromatic nitrogens is 1. The monoisotopic (exact) mass is 414 g/mol. The van der Waals surface area contributed by atoms with Crippen LogP contribution in [-0.4, -0.2) is 33.3 Å². The van der Waals surface area contributed by atoms with Crippen LogP contribution in [0.15, 0.2) is 42.6 Å². The number of rotatable bonds is 5. The van der Waals surface area contributed by atoms with Gasteiger partial charge in [0, 0.05) is 35.2 Å². The summed E-state index contributed by atoms with van der Waals surface area (Å²) in [4.78, 5) is 24.5. The van der Waals surface area contributed by atoms with Gasteiger partial charge in [-0.2, -0.15) is 0 Å². The molecule has 4 rings (SSSR count). The summed E-state index contributed by atoms with van der Waals surface area (Å²) >= 11 is 0. The molecule has 154 valence electrons. The first kappa shape index (κ1) is 20.2. The molecule has 0 spiro atoms. The van der Waals surface area contributed by atoms with Gasteiger partial charge < -0.3 is 19.5 Å². The first-order valence-corrected chi connectivity index (χ1v) is 11.5. The molecule has 0 aliphatic carbocycles. The third kappa shape index (κ3) is 3.99. The van der Waals surface area contributed by atoms with Gasteiger partial charge in [-0.1, -0.05) is 18.6 Å². The number of fused-ring (bicyclic) bond motifs is 1. The second-order valence-electron chi connectivity index (χ2n) is 7.76. The number of hydrogen-bond acceptors (Lipinski definition) is 3. The van der Waals surface area contributed by atoms with Crippen LogP contribution in [0.5, 0.6) is 5.75 Å². The van der Waals surface area contributed by atoms with Gasteiger partial charge in [0.1, 0.15) is 5.75 Å². The maximum atomic E-state index is 11.5. The average molecular weight is 414 g/mol. The zero-order valence-electron chi connectivity index (χ0n) is 16.8. The van der Waals surface area contributed by atoms with Gasteiger partial charge in [-0.05, 0) is 61.7 Å². The lowest BCUT2D eigenvalue weighted by Gasteiger charge is -2.36. The Kier molecular flexibility index (Phi) is 5.54. The largest absolute Gasteiger partial charge is 0.496 e. The fourth-order valence-corrected chi connectivity index (χ4v) is 4.97. The van der Waals surface area contributed by atoms with Crippen molar-refractivity contribution >= 4 is 23.8 Å². The van der Waals surface area contributed by atoms with Crippen LogP contribution in [0, 0.1) is 6.92 Å². The third-order valence-electron chi connectivity index (χ3n) is 5.92. The predicted molar refractivity (Wildman–Crippen MR) is 115 cm³/mol. The second-order valence-corrected chi connectivity index (χ2v) is 9.36. The molecule has 7 heteroatoms. The minimum atomic E-state index is -4.22. The summed E-state index contributed by atoms with van der Waals surface area (Å²) < 4.78 is 17.2. The van der Waals surface area contributed by atoms with E-state index in [9.17, 15) is 14.4 Å². The van der Waals surface area contributed by atoms with Gasteiger partial charge in [0.25, 0.3) is 0 Å². The molecule has 1 atom stereocenters. The number of ether oxygens (including phenoxy) is 1. The Hall–Kier alpha value is -2.11. The topological polar surface area (TPSA) is 85.8 Å². The Bertz CT molecular complexity index is 1050. The summed E-state index contributed by atoms with van der Waals surface area (Å²) in [5, 5.41) is 1.25. The highest BCUT2D eigenvalue weighted by Crippen LogP contribution is 2.38. The van der Waals surface area contributed by atoms with Gasteiger partial charge in [0.2, 0.25) is 0 Å². The molecule has 29 heavy (non-hydrogen) atoms. The Morgan fingerprint density at radius 3 is 2.66 bits per heavy atom. The van der Waals surface area contributed by atoms with E-state index >= 15 is 0 Å². The van der Waals surface area contributed by atoms with Crippen LogP contribution < -0.4 is 10.0 Å². The van der Waals surface area contributed by atoms with Gasteiger partial charge >= 0.3 is 7.60 Å². The van der Waals surface area contributed by atoms with Crippen molar-refractivity contribution in [3.63, 3.8) is 0 Å². The lowest BCUT2D eigenvalue weighted by molar-refractivity contribution is 0.139. The van der Waals surface area contributed by atoms with Crippen LogP contribution in [0.2, 0.25) is 0 Å². The van der Waals surface area contributed by atoms with E-state index < -0.39 is 7.60 Å². The van der Waals surface area contributed by atoms with Crippen LogP contribution >= 0.6 is 7.60 Å². The molecule has 1 aliphatic heterocycles. The summed E-state index contributed by atoms with van der Waals surface area (Å²) in [6.45, 7) is 3.83. The van der Waals surface area contributed by atoms with E-state index in [0.29, 0.717) is 0 Å². The Morgan fingerprint density at radius 2 is 1.97 bits per heavy atom. The van der Waals surface area contributed by atoms with Crippen molar-refractivity contribution in [1.82, 2.24) is 9.88 Å². The highest BCUT2D eigenvalue weighted by molar-refractivity contribution is 7.60. The molecular formula is C22H27N2O4P. The summed E-state index contributed by atoms with van der Waals surface area (Å²) in [6, 6.07) is 11.2. The Labute approximate surface area is 170 Å². The van der Waals surface area contributed by atoms with Crippen LogP contribution in [0.1, 0.15) is 42.0 Å². The number of H-pyrrole nitrogens is 1. The number of nitrogens with zero attached hydrogens (tertiary/aromatic N) is 1. The van der Waals surface area contributed by atoms with Crippen LogP contribution in [0.25, 0.3) is 10.9 Å². The quantitative estimate of drug-likeness (QED) is 0.549. The number of methoxy groups -OCH3 is 1. The fraction of sp³-hybridized carbons (Fsp3) is 0.364. The number of likely N-dealkylation sites (tertiary alicyclic amines) is 1. The van der Waals surface area contributed by atoms with E-state index in [1.165, 1.54) is 10.9 Å². The maximum absolute atomic E-state index is 11.5. The van der Waals surface area contributed by atoms with E-state index in [-0.39, 0.29) is 11.3 Å². The third-order valence-corrected chi connectivity index (χ3v) is 6.89. The van der Waals surface area contributed by atoms with Crippen LogP contribution in [0.4, 0.5) is 0 Å². The molecule has 6 nitrogen and oxygen atoms in total. The minimum Gasteiger partial charge on any atom is -0.496 e. The first-order valence-electron chi connectivity index (χ1n) is 9.92. The van der Waals surface area contributed by atoms with E-state index in [1.54, 1.807) is 19.2 Å². The SMILES string of the molecule is COc1cc(C)c2[nH]ccc2c1CN1CCCCC1c1ccc(P(=O)(O)O)cc1. The van der Waals surface area contributed by atoms with E-state index in [1.807, 2.05) is 18.3 Å². The summed E-state index contributed by atoms with van der Waals surface area (Å²) in [5.41, 5.74) is 4.57. The van der Waals surface area contributed by atoms with Crippen LogP contribution in [-0.2, 0) is 11.1 Å². The number of benzene rings is 2. The number of aromatic amines is 1. The van der Waals surface area contributed by atoms with Crippen LogP contribution in [0.3, 0.4) is 0 Å². The molecule has 1 unspecified atom stereocenters. The van der Waals surface area contributed by atoms with Crippen molar-refractivity contribution in [2.24, 2.45) is 0 Å². The van der Waals surface area contributed by atoms with Crippen molar-refractivity contribution in [2.75, 3.05) is 13.7 Å². The van der Waals surface area contributed by atoms with Crippen molar-refractivity contribution < 1.29 is 19.1 Å². The van der Waals surface area contributed by atoms with Gasteiger partial charge in [0.15, 0.2) is 0 Å². The summed E-state index contributed by atoms with van der Waals surface area (Å²) in [5.74, 6) is 0.899. The fourth-order valence-electron chi connectivity index (χ4n) is 4.43. The average Bonchev–Trinajstić information content (AvgIpc) is 3.20. The van der Waals surface area contributed by atoms with Gasteiger partial charge in [-0.3, -0.25) is 9.46 Å². The molecule has 0 amide bonds. The Balaban J connectivity index is 1.67. The molecule has 1 aliphatic rings. The highest BCUT2D eigenvalue weighted by Gasteiger charge is 2.27. The van der Waals surface area contributed by atoms with E-state index in [0.717, 1.165) is 54.7 Å². The van der Waals surface area contributed by atoms with E-state index in [4.69, 9.17) is 4.74 Å². The summed E-state index contributed by atoms with van der Waals surface area (Å²) in [7, 11) is -2.50. The Morgan fingerprint density at radius 1 is 1.21 bits per heavy atom. The summed E-state index contributed by atoms with van der Waals surface area (Å²) in [6.07, 6.45) is 5.28. The van der Waals surface area contributed by atoms with Crippen molar-refractivity contribution in [3.8, 4) is 5.75 Å².